The molecule has 2 saturated heterocycles. The molecule has 6 rings (SSSR count). The Bertz CT molecular complexity index is 1390. The average Bonchev–Trinajstić information content (AvgIpc) is 3.34. The first-order chi connectivity index (χ1) is 19.5. The van der Waals surface area contributed by atoms with E-state index in [1.54, 1.807) is 26.4 Å². The number of carbonyl (C=O) groups is 2. The highest BCUT2D eigenvalue weighted by molar-refractivity contribution is 6.23. The van der Waals surface area contributed by atoms with Crippen molar-refractivity contribution in [3.8, 4) is 23.0 Å². The summed E-state index contributed by atoms with van der Waals surface area (Å²) >= 11 is 0. The largest absolute Gasteiger partial charge is 0.497 e. The van der Waals surface area contributed by atoms with E-state index in [4.69, 9.17) is 18.9 Å². The lowest BCUT2D eigenvalue weighted by atomic mass is 9.96. The highest BCUT2D eigenvalue weighted by Gasteiger charge is 2.48. The molecule has 2 amide bonds. The number of hydrogen-bond acceptors (Lipinski definition) is 7. The van der Waals surface area contributed by atoms with Crippen molar-refractivity contribution in [1.82, 2.24) is 9.80 Å². The number of nitrogens with zero attached hydrogens (tertiary/aromatic N) is 2. The van der Waals surface area contributed by atoms with Gasteiger partial charge < -0.3 is 23.8 Å². The number of ether oxygens (including phenoxy) is 4. The minimum Gasteiger partial charge on any atom is -0.497 e. The van der Waals surface area contributed by atoms with E-state index in [9.17, 15) is 9.59 Å². The summed E-state index contributed by atoms with van der Waals surface area (Å²) in [5.41, 5.74) is 2.50. The molecule has 0 unspecified atom stereocenters. The number of methoxy groups -OCH3 is 2. The van der Waals surface area contributed by atoms with Gasteiger partial charge in [-0.1, -0.05) is 24.3 Å². The Hall–Kier alpha value is -4.04. The van der Waals surface area contributed by atoms with Crippen LogP contribution in [0, 0.1) is 0 Å². The maximum atomic E-state index is 14.0. The molecule has 208 valence electrons. The van der Waals surface area contributed by atoms with Crippen LogP contribution in [-0.2, 0) is 13.2 Å². The average molecular weight is 543 g/mol. The van der Waals surface area contributed by atoms with Gasteiger partial charge in [-0.15, -0.1) is 0 Å². The third-order valence-corrected chi connectivity index (χ3v) is 8.54. The van der Waals surface area contributed by atoms with Crippen molar-refractivity contribution in [2.45, 2.75) is 57.0 Å². The Morgan fingerprint density at radius 3 is 1.80 bits per heavy atom. The summed E-state index contributed by atoms with van der Waals surface area (Å²) in [6.45, 7) is 0.477. The predicted molar refractivity (Wildman–Crippen MR) is 149 cm³/mol. The molecule has 0 spiro atoms. The van der Waals surface area contributed by atoms with E-state index in [1.807, 2.05) is 48.5 Å². The second-order valence-electron chi connectivity index (χ2n) is 10.7. The molecule has 3 atom stereocenters. The van der Waals surface area contributed by atoms with Crippen LogP contribution in [0.25, 0.3) is 0 Å². The molecule has 3 aromatic rings. The van der Waals surface area contributed by atoms with E-state index in [-0.39, 0.29) is 36.6 Å². The molecular weight excluding hydrogens is 508 g/mol. The first kappa shape index (κ1) is 26.2. The van der Waals surface area contributed by atoms with Crippen LogP contribution >= 0.6 is 0 Å². The third kappa shape index (κ3) is 4.77. The van der Waals surface area contributed by atoms with Gasteiger partial charge in [-0.05, 0) is 80.3 Å². The Labute approximate surface area is 234 Å². The van der Waals surface area contributed by atoms with Crippen LogP contribution in [0.1, 0.15) is 57.5 Å². The van der Waals surface area contributed by atoms with Crippen molar-refractivity contribution in [3.63, 3.8) is 0 Å². The van der Waals surface area contributed by atoms with Crippen LogP contribution in [-0.4, -0.2) is 61.0 Å². The lowest BCUT2D eigenvalue weighted by Crippen LogP contribution is -2.50. The van der Waals surface area contributed by atoms with Crippen LogP contribution in [0.2, 0.25) is 0 Å². The number of carbonyl (C=O) groups excluding carboxylic acids is 2. The van der Waals surface area contributed by atoms with E-state index in [1.165, 1.54) is 4.90 Å². The summed E-state index contributed by atoms with van der Waals surface area (Å²) in [5, 5.41) is 0. The van der Waals surface area contributed by atoms with Crippen molar-refractivity contribution in [3.05, 3.63) is 82.9 Å². The van der Waals surface area contributed by atoms with Gasteiger partial charge in [-0.25, -0.2) is 0 Å². The maximum Gasteiger partial charge on any atom is 0.265 e. The molecule has 3 aliphatic rings. The van der Waals surface area contributed by atoms with Gasteiger partial charge in [0.1, 0.15) is 24.7 Å². The fraction of sp³-hybridized carbons (Fsp3) is 0.375. The summed E-state index contributed by atoms with van der Waals surface area (Å²) in [6.07, 6.45) is 3.84. The lowest BCUT2D eigenvalue weighted by molar-refractivity contribution is 0.0438. The van der Waals surface area contributed by atoms with Crippen LogP contribution < -0.4 is 18.9 Å². The second-order valence-corrected chi connectivity index (χ2v) is 10.7. The molecule has 3 heterocycles. The summed E-state index contributed by atoms with van der Waals surface area (Å²) in [7, 11) is 5.40. The summed E-state index contributed by atoms with van der Waals surface area (Å²) in [6, 6.07) is 19.3. The highest BCUT2D eigenvalue weighted by atomic mass is 16.5. The van der Waals surface area contributed by atoms with Gasteiger partial charge in [0.2, 0.25) is 0 Å². The Kier molecular flexibility index (Phi) is 7.11. The number of amides is 2. The number of hydrogen-bond donors (Lipinski definition) is 0. The zero-order chi connectivity index (χ0) is 27.8. The van der Waals surface area contributed by atoms with E-state index >= 15 is 0 Å². The topological polar surface area (TPSA) is 77.5 Å². The van der Waals surface area contributed by atoms with Crippen LogP contribution in [0.3, 0.4) is 0 Å². The van der Waals surface area contributed by atoms with E-state index in [2.05, 4.69) is 11.9 Å². The van der Waals surface area contributed by atoms with Crippen LogP contribution in [0.5, 0.6) is 23.0 Å². The highest BCUT2D eigenvalue weighted by Crippen LogP contribution is 2.43. The molecule has 0 aromatic heterocycles. The summed E-state index contributed by atoms with van der Waals surface area (Å²) in [4.78, 5) is 31.5. The zero-order valence-corrected chi connectivity index (χ0v) is 23.1. The molecule has 2 fully saturated rings. The fourth-order valence-corrected chi connectivity index (χ4v) is 6.24. The third-order valence-electron chi connectivity index (χ3n) is 8.54. The molecule has 0 N–H and O–H groups in total. The molecule has 0 aliphatic carbocycles. The molecule has 8 nitrogen and oxygen atoms in total. The maximum absolute atomic E-state index is 14.0. The molecule has 2 bridgehead atoms. The van der Waals surface area contributed by atoms with Gasteiger partial charge in [0, 0.05) is 18.1 Å². The molecule has 8 heteroatoms. The van der Waals surface area contributed by atoms with E-state index in [0.29, 0.717) is 29.1 Å². The molecular formula is C32H34N2O6. The first-order valence-electron chi connectivity index (χ1n) is 13.7. The van der Waals surface area contributed by atoms with E-state index in [0.717, 1.165) is 48.3 Å². The van der Waals surface area contributed by atoms with Gasteiger partial charge in [0.05, 0.1) is 25.3 Å². The lowest BCUT2D eigenvalue weighted by Gasteiger charge is -2.39. The van der Waals surface area contributed by atoms with Gasteiger partial charge in [0.15, 0.2) is 11.5 Å². The number of rotatable bonds is 9. The molecule has 3 aliphatic heterocycles. The Balaban J connectivity index is 1.29. The molecule has 0 radical (unpaired) electrons. The van der Waals surface area contributed by atoms with Crippen LogP contribution in [0.4, 0.5) is 0 Å². The molecule has 40 heavy (non-hydrogen) atoms. The van der Waals surface area contributed by atoms with Crippen molar-refractivity contribution in [2.24, 2.45) is 0 Å². The molecule has 0 saturated carbocycles. The smallest absolute Gasteiger partial charge is 0.265 e. The first-order valence-corrected chi connectivity index (χ1v) is 13.7. The number of imide groups is 1. The van der Waals surface area contributed by atoms with Crippen molar-refractivity contribution in [2.75, 3.05) is 21.3 Å². The van der Waals surface area contributed by atoms with Gasteiger partial charge in [-0.2, -0.15) is 0 Å². The van der Waals surface area contributed by atoms with Gasteiger partial charge in [-0.3, -0.25) is 14.5 Å². The minimum absolute atomic E-state index is 0.112. The SMILES string of the molecule is COc1ccc(COc2ccc3c(c2OCc2ccc(OC)cc2)C(=O)N([C@H]2C[C@H]4CC[C@@H](C2)N4C)C3=O)cc1. The summed E-state index contributed by atoms with van der Waals surface area (Å²) < 4.78 is 23.0. The minimum atomic E-state index is -0.298. The number of benzene rings is 3. The predicted octanol–water partition coefficient (Wildman–Crippen LogP) is 5.08. The van der Waals surface area contributed by atoms with Crippen LogP contribution in [0.15, 0.2) is 60.7 Å². The molecule has 3 aromatic carbocycles. The Morgan fingerprint density at radius 2 is 1.25 bits per heavy atom. The second kappa shape index (κ2) is 10.8. The van der Waals surface area contributed by atoms with Crippen molar-refractivity contribution < 1.29 is 28.5 Å². The standard InChI is InChI=1S/C32H34N2O6/c1-33-22-8-9-23(33)17-24(16-22)34-31(35)27-14-15-28(39-18-20-4-10-25(37-2)11-5-20)30(29(27)32(34)36)40-19-21-6-12-26(38-3)13-7-21/h4-7,10-15,22-24H,8-9,16-19H2,1-3H3/t22-,23+,24+. The van der Waals surface area contributed by atoms with Gasteiger partial charge in [0.25, 0.3) is 11.8 Å². The summed E-state index contributed by atoms with van der Waals surface area (Å²) in [5.74, 6) is 1.69. The number of piperidine rings is 1. The van der Waals surface area contributed by atoms with E-state index < -0.39 is 0 Å². The van der Waals surface area contributed by atoms with Crippen molar-refractivity contribution in [1.29, 1.82) is 0 Å². The van der Waals surface area contributed by atoms with Crippen molar-refractivity contribution >= 4 is 11.8 Å². The van der Waals surface area contributed by atoms with Gasteiger partial charge >= 0.3 is 0 Å². The zero-order valence-electron chi connectivity index (χ0n) is 23.1. The number of fused-ring (bicyclic) bond motifs is 3. The quantitative estimate of drug-likeness (QED) is 0.349. The monoisotopic (exact) mass is 542 g/mol. The Morgan fingerprint density at radius 1 is 0.700 bits per heavy atom. The normalized spacial score (nSPS) is 21.9. The fourth-order valence-electron chi connectivity index (χ4n) is 6.24.